The van der Waals surface area contributed by atoms with Crippen molar-refractivity contribution in [2.24, 2.45) is 5.92 Å². The molecular formula is C31H63N. The van der Waals surface area contributed by atoms with Gasteiger partial charge in [-0.15, -0.1) is 0 Å². The summed E-state index contributed by atoms with van der Waals surface area (Å²) in [6, 6.07) is 0. The van der Waals surface area contributed by atoms with Crippen LogP contribution in [0, 0.1) is 5.92 Å². The molecule has 0 aromatic carbocycles. The molecule has 0 radical (unpaired) electrons. The molecule has 0 aromatic rings. The van der Waals surface area contributed by atoms with E-state index >= 15 is 0 Å². The first kappa shape index (κ1) is 31.7. The van der Waals surface area contributed by atoms with Gasteiger partial charge in [-0.25, -0.2) is 0 Å². The lowest BCUT2D eigenvalue weighted by molar-refractivity contribution is 0.314. The van der Waals surface area contributed by atoms with Gasteiger partial charge in [0.2, 0.25) is 0 Å². The first-order valence-electron chi connectivity index (χ1n) is 15.0. The van der Waals surface area contributed by atoms with E-state index in [0.717, 1.165) is 5.92 Å². The maximum absolute atomic E-state index is 2.44. The predicted octanol–water partition coefficient (Wildman–Crippen LogP) is 10.7. The van der Waals surface area contributed by atoms with Crippen molar-refractivity contribution >= 4 is 0 Å². The summed E-state index contributed by atoms with van der Waals surface area (Å²) in [5.41, 5.74) is 0. The normalized spacial score (nSPS) is 12.9. The molecule has 0 amide bonds. The van der Waals surface area contributed by atoms with Crippen LogP contribution < -0.4 is 0 Å². The molecule has 0 aliphatic heterocycles. The maximum Gasteiger partial charge on any atom is -0.00222 e. The number of allylic oxidation sites excluding steroid dienone is 2. The summed E-state index contributed by atoms with van der Waals surface area (Å²) in [7, 11) is 4.46. The number of hydrogen-bond donors (Lipinski definition) is 0. The summed E-state index contributed by atoms with van der Waals surface area (Å²) in [6.07, 6.45) is 37.7. The van der Waals surface area contributed by atoms with Gasteiger partial charge in [0.25, 0.3) is 0 Å². The number of nitrogens with zero attached hydrogens (tertiary/aromatic N) is 1. The van der Waals surface area contributed by atoms with Crippen LogP contribution in [0.4, 0.5) is 0 Å². The highest BCUT2D eigenvalue weighted by molar-refractivity contribution is 4.81. The smallest absolute Gasteiger partial charge is 0.00222 e. The molecule has 0 fully saturated rings. The zero-order valence-electron chi connectivity index (χ0n) is 23.1. The Morgan fingerprint density at radius 1 is 0.469 bits per heavy atom. The van der Waals surface area contributed by atoms with Crippen LogP contribution in [0.25, 0.3) is 0 Å². The van der Waals surface area contributed by atoms with Crippen LogP contribution in [-0.4, -0.2) is 25.5 Å². The average molecular weight is 450 g/mol. The highest BCUT2D eigenvalue weighted by Gasteiger charge is 2.09. The summed E-state index contributed by atoms with van der Waals surface area (Å²) in [4.78, 5) is 2.37. The Kier molecular flexibility index (Phi) is 26.7. The van der Waals surface area contributed by atoms with E-state index in [-0.39, 0.29) is 0 Å². The van der Waals surface area contributed by atoms with E-state index in [1.165, 1.54) is 154 Å². The molecule has 1 heteroatoms. The molecular weight excluding hydrogens is 386 g/mol. The number of hydrogen-bond acceptors (Lipinski definition) is 1. The molecule has 0 aromatic heterocycles. The lowest BCUT2D eigenvalue weighted by atomic mass is 9.91. The molecule has 32 heavy (non-hydrogen) atoms. The quantitative estimate of drug-likeness (QED) is 0.0937. The minimum Gasteiger partial charge on any atom is -0.309 e. The van der Waals surface area contributed by atoms with Gasteiger partial charge in [-0.1, -0.05) is 142 Å². The van der Waals surface area contributed by atoms with Gasteiger partial charge in [-0.2, -0.15) is 0 Å². The van der Waals surface area contributed by atoms with E-state index < -0.39 is 0 Å². The molecule has 192 valence electrons. The van der Waals surface area contributed by atoms with E-state index in [2.05, 4.69) is 45.0 Å². The number of unbranched alkanes of at least 4 members (excludes halogenated alkanes) is 17. The molecule has 0 saturated carbocycles. The van der Waals surface area contributed by atoms with E-state index in [9.17, 15) is 0 Å². The monoisotopic (exact) mass is 449 g/mol. The second-order valence-electron chi connectivity index (χ2n) is 10.7. The van der Waals surface area contributed by atoms with Crippen molar-refractivity contribution in [2.75, 3.05) is 20.6 Å². The summed E-state index contributed by atoms with van der Waals surface area (Å²) in [5, 5.41) is 0. The van der Waals surface area contributed by atoms with Crippen molar-refractivity contribution in [1.82, 2.24) is 4.90 Å². The lowest BCUT2D eigenvalue weighted by Gasteiger charge is -2.19. The van der Waals surface area contributed by atoms with Crippen LogP contribution in [-0.2, 0) is 0 Å². The topological polar surface area (TPSA) is 3.24 Å². The molecule has 0 saturated heterocycles. The summed E-state index contributed by atoms with van der Waals surface area (Å²) in [6.45, 7) is 5.87. The van der Waals surface area contributed by atoms with Gasteiger partial charge >= 0.3 is 0 Å². The highest BCUT2D eigenvalue weighted by Crippen LogP contribution is 2.22. The van der Waals surface area contributed by atoms with Crippen molar-refractivity contribution in [2.45, 2.75) is 162 Å². The van der Waals surface area contributed by atoms with E-state index in [4.69, 9.17) is 0 Å². The Labute approximate surface area is 205 Å². The zero-order valence-corrected chi connectivity index (χ0v) is 23.1. The van der Waals surface area contributed by atoms with Crippen molar-refractivity contribution in [3.63, 3.8) is 0 Å². The fourth-order valence-corrected chi connectivity index (χ4v) is 4.77. The summed E-state index contributed by atoms with van der Waals surface area (Å²) >= 11 is 0. The van der Waals surface area contributed by atoms with Crippen molar-refractivity contribution in [3.05, 3.63) is 12.2 Å². The van der Waals surface area contributed by atoms with Gasteiger partial charge in [0, 0.05) is 0 Å². The first-order chi connectivity index (χ1) is 15.7. The lowest BCUT2D eigenvalue weighted by Crippen LogP contribution is -2.17. The Morgan fingerprint density at radius 3 is 1.28 bits per heavy atom. The van der Waals surface area contributed by atoms with Crippen LogP contribution >= 0.6 is 0 Å². The Balaban J connectivity index is 3.60. The van der Waals surface area contributed by atoms with Gasteiger partial charge in [-0.3, -0.25) is 0 Å². The maximum atomic E-state index is 2.44. The molecule has 0 aliphatic carbocycles. The fourth-order valence-electron chi connectivity index (χ4n) is 4.77. The molecule has 0 spiro atoms. The van der Waals surface area contributed by atoms with Crippen LogP contribution in [0.5, 0.6) is 0 Å². The SMILES string of the molecule is CCCCCCC=CCCCCCCCCCC(CCCCCCCCC)CCN(C)C. The van der Waals surface area contributed by atoms with Crippen molar-refractivity contribution in [1.29, 1.82) is 0 Å². The van der Waals surface area contributed by atoms with Gasteiger partial charge in [0.05, 0.1) is 0 Å². The van der Waals surface area contributed by atoms with Crippen LogP contribution in [0.1, 0.15) is 162 Å². The molecule has 0 aliphatic rings. The fraction of sp³-hybridized carbons (Fsp3) is 0.935. The van der Waals surface area contributed by atoms with Gasteiger partial charge < -0.3 is 4.90 Å². The van der Waals surface area contributed by atoms with Gasteiger partial charge in [0.15, 0.2) is 0 Å². The molecule has 1 unspecified atom stereocenters. The Morgan fingerprint density at radius 2 is 0.844 bits per heavy atom. The van der Waals surface area contributed by atoms with Crippen LogP contribution in [0.3, 0.4) is 0 Å². The third-order valence-electron chi connectivity index (χ3n) is 7.07. The Hall–Kier alpha value is -0.300. The second kappa shape index (κ2) is 26.9. The molecule has 0 heterocycles. The zero-order chi connectivity index (χ0) is 23.5. The van der Waals surface area contributed by atoms with Crippen molar-refractivity contribution < 1.29 is 0 Å². The second-order valence-corrected chi connectivity index (χ2v) is 10.7. The number of rotatable bonds is 26. The molecule has 0 rings (SSSR count). The Bertz CT molecular complexity index is 359. The molecule has 0 bridgehead atoms. The minimum atomic E-state index is 0.974. The summed E-state index contributed by atoms with van der Waals surface area (Å²) in [5.74, 6) is 0.974. The molecule has 1 nitrogen and oxygen atoms in total. The van der Waals surface area contributed by atoms with E-state index in [0.29, 0.717) is 0 Å². The molecule has 1 atom stereocenters. The van der Waals surface area contributed by atoms with E-state index in [1.807, 2.05) is 0 Å². The standard InChI is InChI=1S/C31H63N/c1-5-7-9-11-13-14-15-16-17-18-19-20-22-24-26-28-31(29-30-32(3)4)27-25-23-21-12-10-8-6-2/h14-15,31H,5-13,16-30H2,1-4H3. The first-order valence-corrected chi connectivity index (χ1v) is 15.0. The van der Waals surface area contributed by atoms with Crippen LogP contribution in [0.2, 0.25) is 0 Å². The molecule has 0 N–H and O–H groups in total. The van der Waals surface area contributed by atoms with E-state index in [1.54, 1.807) is 0 Å². The predicted molar refractivity (Wildman–Crippen MR) is 149 cm³/mol. The third kappa shape index (κ3) is 26.0. The van der Waals surface area contributed by atoms with Crippen LogP contribution in [0.15, 0.2) is 12.2 Å². The van der Waals surface area contributed by atoms with Gasteiger partial charge in [-0.05, 0) is 58.7 Å². The average Bonchev–Trinajstić information content (AvgIpc) is 2.78. The third-order valence-corrected chi connectivity index (χ3v) is 7.07. The highest BCUT2D eigenvalue weighted by atomic mass is 15.0. The van der Waals surface area contributed by atoms with Crippen molar-refractivity contribution in [3.8, 4) is 0 Å². The summed E-state index contributed by atoms with van der Waals surface area (Å²) < 4.78 is 0. The van der Waals surface area contributed by atoms with Gasteiger partial charge in [0.1, 0.15) is 0 Å². The largest absolute Gasteiger partial charge is 0.309 e. The minimum absolute atomic E-state index is 0.974.